The van der Waals surface area contributed by atoms with E-state index in [1.165, 1.54) is 4.90 Å². The smallest absolute Gasteiger partial charge is 0.248 e. The number of aliphatic hydroxyl groups excluding tert-OH is 1. The number of benzene rings is 2. The Morgan fingerprint density at radius 1 is 1.04 bits per heavy atom. The highest BCUT2D eigenvalue weighted by Gasteiger charge is 2.79. The van der Waals surface area contributed by atoms with Crippen molar-refractivity contribution in [2.75, 3.05) is 31.2 Å². The first-order valence-corrected chi connectivity index (χ1v) is 16.4. The molecule has 2 aromatic carbocycles. The van der Waals surface area contributed by atoms with Crippen LogP contribution in [0.4, 0.5) is 5.69 Å². The van der Waals surface area contributed by atoms with Gasteiger partial charge in [-0.15, -0.1) is 13.2 Å². The second-order valence-electron chi connectivity index (χ2n) is 12.7. The summed E-state index contributed by atoms with van der Waals surface area (Å²) in [6, 6.07) is 14.5. The Hall–Kier alpha value is -3.95. The van der Waals surface area contributed by atoms with Gasteiger partial charge in [-0.05, 0) is 69.9 Å². The lowest BCUT2D eigenvalue weighted by molar-refractivity contribution is -0.157. The fourth-order valence-corrected chi connectivity index (χ4v) is 8.04. The third-order valence-corrected chi connectivity index (χ3v) is 10.1. The topological polar surface area (TPSA) is 99.6 Å². The van der Waals surface area contributed by atoms with Crippen molar-refractivity contribution in [3.05, 3.63) is 85.5 Å². The molecule has 2 aromatic rings. The first-order chi connectivity index (χ1) is 22.1. The van der Waals surface area contributed by atoms with E-state index in [-0.39, 0.29) is 36.9 Å². The molecule has 1 N–H and O–H groups in total. The van der Waals surface area contributed by atoms with Gasteiger partial charge in [0.25, 0.3) is 0 Å². The van der Waals surface area contributed by atoms with Gasteiger partial charge in [-0.1, -0.05) is 49.4 Å². The molecule has 46 heavy (non-hydrogen) atoms. The van der Waals surface area contributed by atoms with Gasteiger partial charge in [0.1, 0.15) is 17.4 Å². The number of hydrogen-bond donors (Lipinski definition) is 1. The number of carbonyl (C=O) groups excluding carboxylic acids is 3. The van der Waals surface area contributed by atoms with Crippen LogP contribution in [-0.4, -0.2) is 82.2 Å². The van der Waals surface area contributed by atoms with Gasteiger partial charge in [0.15, 0.2) is 0 Å². The molecule has 2 unspecified atom stereocenters. The zero-order chi connectivity index (χ0) is 33.2. The maximum atomic E-state index is 15.0. The number of hydrogen-bond acceptors (Lipinski definition) is 6. The summed E-state index contributed by atoms with van der Waals surface area (Å²) >= 11 is 0. The predicted octanol–water partition coefficient (Wildman–Crippen LogP) is 4.92. The molecule has 0 radical (unpaired) electrons. The third-order valence-electron chi connectivity index (χ3n) is 10.1. The van der Waals surface area contributed by atoms with Gasteiger partial charge in [0, 0.05) is 24.8 Å². The first kappa shape index (κ1) is 33.4. The van der Waals surface area contributed by atoms with Crippen LogP contribution in [0.3, 0.4) is 0 Å². The molecule has 3 heterocycles. The predicted molar refractivity (Wildman–Crippen MR) is 177 cm³/mol. The molecule has 3 aliphatic rings. The van der Waals surface area contributed by atoms with E-state index in [2.05, 4.69) is 13.2 Å². The Morgan fingerprint density at radius 3 is 2.28 bits per heavy atom. The number of rotatable bonds is 14. The van der Waals surface area contributed by atoms with Crippen molar-refractivity contribution in [1.82, 2.24) is 9.80 Å². The lowest BCUT2D eigenvalue weighted by atomic mass is 9.64. The molecule has 3 saturated heterocycles. The molecule has 9 nitrogen and oxygen atoms in total. The number of ether oxygens (including phenoxy) is 2. The standard InChI is InChI=1S/C37H47N3O6/c1-7-22-38(25(5)6)35(44)32-37-21-20-36(9-3,46-37)30(31(37)34(43)40(32)29(24-41)26-14-12-11-13-15-26)33(42)39(23-8-2)27-16-18-28(19-17-27)45-10-4/h7-8,11-19,25,29-32,41H,1-2,9-10,20-24H2,3-6H3/t29-,30+,31+,32?,36-,37?/m1/s1. The SMILES string of the molecule is C=CCN(C(=O)[C@@H]1[C@H]2C(=O)N([C@H](CO)c3ccccc3)C(C(=O)N(CC=C)C(C)C)C23CC[C@@]1(CC)O3)c1ccc(OCC)cc1. The molecule has 0 aliphatic carbocycles. The van der Waals surface area contributed by atoms with Crippen LogP contribution >= 0.6 is 0 Å². The molecule has 3 aliphatic heterocycles. The van der Waals surface area contributed by atoms with Crippen LogP contribution in [0, 0.1) is 11.8 Å². The number of carbonyl (C=O) groups is 3. The summed E-state index contributed by atoms with van der Waals surface area (Å²) in [7, 11) is 0. The van der Waals surface area contributed by atoms with Crippen molar-refractivity contribution in [3.63, 3.8) is 0 Å². The molecule has 5 rings (SSSR count). The van der Waals surface area contributed by atoms with E-state index < -0.39 is 41.7 Å². The normalized spacial score (nSPS) is 27.0. The fourth-order valence-electron chi connectivity index (χ4n) is 8.04. The van der Waals surface area contributed by atoms with Gasteiger partial charge in [-0.2, -0.15) is 0 Å². The van der Waals surface area contributed by atoms with Crippen LogP contribution in [0.1, 0.15) is 58.6 Å². The summed E-state index contributed by atoms with van der Waals surface area (Å²) in [5, 5.41) is 10.8. The summed E-state index contributed by atoms with van der Waals surface area (Å²) in [4.78, 5) is 49.4. The number of fused-ring (bicyclic) bond motifs is 1. The van der Waals surface area contributed by atoms with E-state index in [1.807, 2.05) is 82.3 Å². The van der Waals surface area contributed by atoms with E-state index in [0.717, 1.165) is 0 Å². The van der Waals surface area contributed by atoms with Crippen LogP contribution in [0.15, 0.2) is 79.9 Å². The summed E-state index contributed by atoms with van der Waals surface area (Å²) in [5.74, 6) is -1.92. The Labute approximate surface area is 272 Å². The lowest BCUT2D eigenvalue weighted by Crippen LogP contribution is -2.58. The number of nitrogens with zero attached hydrogens (tertiary/aromatic N) is 3. The molecule has 1 spiro atoms. The number of anilines is 1. The van der Waals surface area contributed by atoms with Crippen molar-refractivity contribution >= 4 is 23.4 Å². The molecule has 0 aromatic heterocycles. The Bertz CT molecular complexity index is 1440. The molecular formula is C37H47N3O6. The van der Waals surface area contributed by atoms with Crippen molar-refractivity contribution in [2.24, 2.45) is 11.8 Å². The van der Waals surface area contributed by atoms with Gasteiger partial charge in [-0.3, -0.25) is 14.4 Å². The van der Waals surface area contributed by atoms with Gasteiger partial charge >= 0.3 is 0 Å². The molecule has 6 atom stereocenters. The van der Waals surface area contributed by atoms with Gasteiger partial charge in [0.2, 0.25) is 17.7 Å². The van der Waals surface area contributed by atoms with Crippen LogP contribution in [0.25, 0.3) is 0 Å². The summed E-state index contributed by atoms with van der Waals surface area (Å²) < 4.78 is 12.6. The average Bonchev–Trinajstić information content (AvgIpc) is 3.67. The second-order valence-corrected chi connectivity index (χ2v) is 12.7. The number of likely N-dealkylation sites (tertiary alicyclic amines) is 1. The Kier molecular flexibility index (Phi) is 9.75. The van der Waals surface area contributed by atoms with Crippen molar-refractivity contribution in [1.29, 1.82) is 0 Å². The second kappa shape index (κ2) is 13.4. The molecule has 246 valence electrons. The lowest BCUT2D eigenvalue weighted by Gasteiger charge is -2.40. The van der Waals surface area contributed by atoms with Gasteiger partial charge < -0.3 is 29.3 Å². The number of aliphatic hydroxyl groups is 1. The third kappa shape index (κ3) is 5.33. The number of amides is 3. The summed E-state index contributed by atoms with van der Waals surface area (Å²) in [6.07, 6.45) is 4.82. The van der Waals surface area contributed by atoms with Crippen LogP contribution in [0.5, 0.6) is 5.75 Å². The monoisotopic (exact) mass is 629 g/mol. The molecule has 3 fully saturated rings. The van der Waals surface area contributed by atoms with Crippen LogP contribution < -0.4 is 9.64 Å². The maximum absolute atomic E-state index is 15.0. The van der Waals surface area contributed by atoms with E-state index >= 15 is 0 Å². The maximum Gasteiger partial charge on any atom is 0.248 e. The van der Waals surface area contributed by atoms with E-state index in [9.17, 15) is 19.5 Å². The van der Waals surface area contributed by atoms with Crippen LogP contribution in [-0.2, 0) is 19.1 Å². The zero-order valence-corrected chi connectivity index (χ0v) is 27.4. The quantitative estimate of drug-likeness (QED) is 0.298. The van der Waals surface area contributed by atoms with E-state index in [1.54, 1.807) is 22.0 Å². The van der Waals surface area contributed by atoms with Crippen molar-refractivity contribution in [3.8, 4) is 5.75 Å². The first-order valence-electron chi connectivity index (χ1n) is 16.4. The Morgan fingerprint density at radius 2 is 1.72 bits per heavy atom. The average molecular weight is 630 g/mol. The highest BCUT2D eigenvalue weighted by atomic mass is 16.5. The van der Waals surface area contributed by atoms with Crippen LogP contribution in [0.2, 0.25) is 0 Å². The highest BCUT2D eigenvalue weighted by molar-refractivity contribution is 6.03. The minimum absolute atomic E-state index is 0.180. The largest absolute Gasteiger partial charge is 0.494 e. The molecule has 0 saturated carbocycles. The van der Waals surface area contributed by atoms with Crippen molar-refractivity contribution in [2.45, 2.75) is 76.3 Å². The van der Waals surface area contributed by atoms with Gasteiger partial charge in [0.05, 0.1) is 36.7 Å². The van der Waals surface area contributed by atoms with E-state index in [4.69, 9.17) is 9.47 Å². The highest BCUT2D eigenvalue weighted by Crippen LogP contribution is 2.65. The van der Waals surface area contributed by atoms with Crippen molar-refractivity contribution < 1.29 is 29.0 Å². The summed E-state index contributed by atoms with van der Waals surface area (Å²) in [6.45, 7) is 16.2. The minimum atomic E-state index is -1.24. The Balaban J connectivity index is 1.65. The van der Waals surface area contributed by atoms with E-state index in [0.29, 0.717) is 42.9 Å². The minimum Gasteiger partial charge on any atom is -0.494 e. The zero-order valence-electron chi connectivity index (χ0n) is 27.4. The molecular weight excluding hydrogens is 582 g/mol. The van der Waals surface area contributed by atoms with Gasteiger partial charge in [-0.25, -0.2) is 0 Å². The molecule has 9 heteroatoms. The molecule has 2 bridgehead atoms. The summed E-state index contributed by atoms with van der Waals surface area (Å²) in [5.41, 5.74) is -0.798. The molecule has 3 amide bonds. The fraction of sp³-hybridized carbons (Fsp3) is 0.486.